The van der Waals surface area contributed by atoms with Gasteiger partial charge in [-0.3, -0.25) is 0 Å². The summed E-state index contributed by atoms with van der Waals surface area (Å²) >= 11 is 0. The number of aliphatic imine (C=N–C) groups is 1. The number of nitrogens with one attached hydrogen (secondary N) is 2. The average Bonchev–Trinajstić information content (AvgIpc) is 2.45. The number of sulfonamides is 1. The zero-order valence-electron chi connectivity index (χ0n) is 12.8. The largest absolute Gasteiger partial charge is 0.370 e. The third-order valence-corrected chi connectivity index (χ3v) is 4.57. The van der Waals surface area contributed by atoms with Crippen LogP contribution in [0.3, 0.4) is 0 Å². The van der Waals surface area contributed by atoms with E-state index in [9.17, 15) is 8.42 Å². The van der Waals surface area contributed by atoms with E-state index < -0.39 is 10.0 Å². The third-order valence-electron chi connectivity index (χ3n) is 3.01. The highest BCUT2D eigenvalue weighted by Crippen LogP contribution is 2.11. The summed E-state index contributed by atoms with van der Waals surface area (Å²) in [6.45, 7) is 6.62. The molecule has 0 bridgehead atoms. The van der Waals surface area contributed by atoms with Crippen molar-refractivity contribution < 1.29 is 8.42 Å². The average molecular weight is 312 g/mol. The van der Waals surface area contributed by atoms with E-state index in [1.165, 1.54) is 0 Å². The molecule has 0 saturated heterocycles. The monoisotopic (exact) mass is 312 g/mol. The van der Waals surface area contributed by atoms with E-state index in [0.717, 1.165) is 12.0 Å². The van der Waals surface area contributed by atoms with Gasteiger partial charge in [-0.05, 0) is 31.0 Å². The molecule has 1 atom stereocenters. The van der Waals surface area contributed by atoms with Gasteiger partial charge in [-0.1, -0.05) is 26.0 Å². The Morgan fingerprint density at radius 2 is 1.90 bits per heavy atom. The maximum atomic E-state index is 11.8. The molecule has 1 rings (SSSR count). The van der Waals surface area contributed by atoms with Gasteiger partial charge in [0.25, 0.3) is 0 Å². The van der Waals surface area contributed by atoms with Crippen LogP contribution in [0.15, 0.2) is 34.2 Å². The molecule has 118 valence electrons. The molecule has 7 heteroatoms. The van der Waals surface area contributed by atoms with Gasteiger partial charge in [-0.2, -0.15) is 0 Å². The highest BCUT2D eigenvalue weighted by Gasteiger charge is 2.11. The van der Waals surface area contributed by atoms with E-state index in [-0.39, 0.29) is 10.9 Å². The first-order valence-electron chi connectivity index (χ1n) is 7.04. The van der Waals surface area contributed by atoms with Crippen LogP contribution in [0.2, 0.25) is 0 Å². The highest BCUT2D eigenvalue weighted by molar-refractivity contribution is 7.89. The standard InChI is InChI=1S/C14H24N4O2S/c1-4-11(3)18-14(15)16-10-12-6-8-13(9-7-12)21(19,20)17-5-2/h6-9,11,17H,4-5,10H2,1-3H3,(H3,15,16,18). The van der Waals surface area contributed by atoms with E-state index in [1.54, 1.807) is 31.2 Å². The fourth-order valence-electron chi connectivity index (χ4n) is 1.62. The molecule has 0 radical (unpaired) electrons. The van der Waals surface area contributed by atoms with E-state index in [2.05, 4.69) is 22.0 Å². The van der Waals surface area contributed by atoms with E-state index in [0.29, 0.717) is 19.0 Å². The molecule has 1 aromatic rings. The lowest BCUT2D eigenvalue weighted by atomic mass is 10.2. The van der Waals surface area contributed by atoms with Crippen LogP contribution in [0.1, 0.15) is 32.8 Å². The van der Waals surface area contributed by atoms with Gasteiger partial charge in [0.1, 0.15) is 0 Å². The Morgan fingerprint density at radius 1 is 1.29 bits per heavy atom. The van der Waals surface area contributed by atoms with Crippen LogP contribution in [0, 0.1) is 0 Å². The Morgan fingerprint density at radius 3 is 2.43 bits per heavy atom. The van der Waals surface area contributed by atoms with Gasteiger partial charge in [0.05, 0.1) is 11.4 Å². The van der Waals surface area contributed by atoms with E-state index in [1.807, 2.05) is 6.92 Å². The van der Waals surface area contributed by atoms with Crippen LogP contribution in [0.4, 0.5) is 0 Å². The maximum absolute atomic E-state index is 11.8. The van der Waals surface area contributed by atoms with Crippen molar-refractivity contribution in [3.05, 3.63) is 29.8 Å². The summed E-state index contributed by atoms with van der Waals surface area (Å²) in [4.78, 5) is 4.48. The minimum Gasteiger partial charge on any atom is -0.370 e. The maximum Gasteiger partial charge on any atom is 0.240 e. The van der Waals surface area contributed by atoms with Crippen LogP contribution < -0.4 is 15.8 Å². The molecule has 0 fully saturated rings. The molecule has 0 aromatic heterocycles. The van der Waals surface area contributed by atoms with Crippen LogP contribution in [0.25, 0.3) is 0 Å². The van der Waals surface area contributed by atoms with Gasteiger partial charge in [-0.25, -0.2) is 18.1 Å². The summed E-state index contributed by atoms with van der Waals surface area (Å²) < 4.78 is 26.0. The lowest BCUT2D eigenvalue weighted by Crippen LogP contribution is -2.38. The number of nitrogens with zero attached hydrogens (tertiary/aromatic N) is 1. The fraction of sp³-hybridized carbons (Fsp3) is 0.500. The fourth-order valence-corrected chi connectivity index (χ4v) is 2.67. The number of rotatable bonds is 7. The van der Waals surface area contributed by atoms with Crippen molar-refractivity contribution in [3.63, 3.8) is 0 Å². The third kappa shape index (κ3) is 5.73. The van der Waals surface area contributed by atoms with Gasteiger partial charge < -0.3 is 11.1 Å². The predicted octanol–water partition coefficient (Wildman–Crippen LogP) is 1.19. The molecule has 1 unspecified atom stereocenters. The minimum absolute atomic E-state index is 0.253. The summed E-state index contributed by atoms with van der Waals surface area (Å²) in [7, 11) is -3.40. The van der Waals surface area contributed by atoms with Gasteiger partial charge in [0.2, 0.25) is 10.0 Å². The topological polar surface area (TPSA) is 96.6 Å². The molecule has 0 aliphatic rings. The molecular weight excluding hydrogens is 288 g/mol. The van der Waals surface area contributed by atoms with Gasteiger partial charge in [-0.15, -0.1) is 0 Å². The zero-order chi connectivity index (χ0) is 15.9. The van der Waals surface area contributed by atoms with Crippen LogP contribution >= 0.6 is 0 Å². The first kappa shape index (κ1) is 17.5. The summed E-state index contributed by atoms with van der Waals surface area (Å²) in [5.74, 6) is 0.397. The number of guanidine groups is 1. The van der Waals surface area contributed by atoms with Crippen molar-refractivity contribution in [1.82, 2.24) is 10.0 Å². The SMILES string of the molecule is CCNS(=O)(=O)c1ccc(CN=C(N)NC(C)CC)cc1. The van der Waals surface area contributed by atoms with Gasteiger partial charge in [0.15, 0.2) is 5.96 Å². The summed E-state index contributed by atoms with van der Waals surface area (Å²) in [6.07, 6.45) is 0.965. The molecule has 1 aromatic carbocycles. The molecule has 21 heavy (non-hydrogen) atoms. The van der Waals surface area contributed by atoms with Gasteiger partial charge in [0, 0.05) is 12.6 Å². The second-order valence-corrected chi connectivity index (χ2v) is 6.57. The molecule has 0 amide bonds. The first-order chi connectivity index (χ1) is 9.89. The summed E-state index contributed by atoms with van der Waals surface area (Å²) in [6, 6.07) is 6.90. The number of hydrogen-bond donors (Lipinski definition) is 3. The second kappa shape index (κ2) is 7.99. The molecule has 0 heterocycles. The predicted molar refractivity (Wildman–Crippen MR) is 85.5 cm³/mol. The molecule has 4 N–H and O–H groups in total. The van der Waals surface area contributed by atoms with Gasteiger partial charge >= 0.3 is 0 Å². The molecule has 0 saturated carbocycles. The van der Waals surface area contributed by atoms with Crippen LogP contribution in [-0.4, -0.2) is 27.0 Å². The van der Waals surface area contributed by atoms with Crippen molar-refractivity contribution in [2.24, 2.45) is 10.7 Å². The summed E-state index contributed by atoms with van der Waals surface area (Å²) in [5, 5.41) is 3.07. The van der Waals surface area contributed by atoms with Crippen molar-refractivity contribution in [2.75, 3.05) is 6.54 Å². The molecular formula is C14H24N4O2S. The van der Waals surface area contributed by atoms with Crippen molar-refractivity contribution in [2.45, 2.75) is 44.7 Å². The number of nitrogens with two attached hydrogens (primary N) is 1. The lowest BCUT2D eigenvalue weighted by molar-refractivity contribution is 0.584. The highest BCUT2D eigenvalue weighted by atomic mass is 32.2. The minimum atomic E-state index is -3.40. The molecule has 0 aliphatic heterocycles. The Bertz CT molecular complexity index is 567. The Hall–Kier alpha value is -1.60. The second-order valence-electron chi connectivity index (χ2n) is 4.80. The van der Waals surface area contributed by atoms with E-state index >= 15 is 0 Å². The smallest absolute Gasteiger partial charge is 0.240 e. The number of hydrogen-bond acceptors (Lipinski definition) is 3. The van der Waals surface area contributed by atoms with Crippen LogP contribution in [0.5, 0.6) is 0 Å². The molecule has 0 aliphatic carbocycles. The zero-order valence-corrected chi connectivity index (χ0v) is 13.6. The molecule has 6 nitrogen and oxygen atoms in total. The number of benzene rings is 1. The quantitative estimate of drug-likeness (QED) is 0.520. The molecule has 0 spiro atoms. The Kier molecular flexibility index (Phi) is 6.64. The van der Waals surface area contributed by atoms with Crippen LogP contribution in [-0.2, 0) is 16.6 Å². The summed E-state index contributed by atoms with van der Waals surface area (Å²) in [5.41, 5.74) is 6.67. The van der Waals surface area contributed by atoms with E-state index in [4.69, 9.17) is 5.73 Å². The van der Waals surface area contributed by atoms with Crippen molar-refractivity contribution >= 4 is 16.0 Å². The normalized spacial score (nSPS) is 14.0. The Labute approximate surface area is 126 Å². The van der Waals surface area contributed by atoms with Crippen molar-refractivity contribution in [1.29, 1.82) is 0 Å². The first-order valence-corrected chi connectivity index (χ1v) is 8.52. The van der Waals surface area contributed by atoms with Crippen molar-refractivity contribution in [3.8, 4) is 0 Å². The Balaban J connectivity index is 2.69. The lowest BCUT2D eigenvalue weighted by Gasteiger charge is -2.11.